The number of aliphatic hydroxyl groups is 1. The Labute approximate surface area is 146 Å². The Morgan fingerprint density at radius 3 is 2.92 bits per heavy atom. The van der Waals surface area contributed by atoms with Gasteiger partial charge in [0, 0.05) is 19.2 Å². The molecule has 2 aromatic rings. The maximum Gasteiger partial charge on any atom is 0.259 e. The molecule has 6 heteroatoms. The van der Waals surface area contributed by atoms with E-state index in [9.17, 15) is 9.90 Å². The molecule has 132 valence electrons. The van der Waals surface area contributed by atoms with Gasteiger partial charge < -0.3 is 19.3 Å². The standard InChI is InChI=1S/C19H22N2O4/c1-24-19-8-7-14(22)11-16(19)21(10-9-19)18(23)15-12-25-20-17(15)13-5-3-2-4-6-13/h2-6,12,14,16,22H,7-11H2,1H3/t14-,16+,19-/m1/s1. The number of amides is 1. The van der Waals surface area contributed by atoms with Crippen molar-refractivity contribution in [2.75, 3.05) is 13.7 Å². The largest absolute Gasteiger partial charge is 0.393 e. The van der Waals surface area contributed by atoms with Crippen LogP contribution >= 0.6 is 0 Å². The minimum Gasteiger partial charge on any atom is -0.393 e. The number of aromatic nitrogens is 1. The van der Waals surface area contributed by atoms with Gasteiger partial charge in [0.1, 0.15) is 17.5 Å². The highest BCUT2D eigenvalue weighted by atomic mass is 16.5. The molecule has 2 fully saturated rings. The molecule has 1 saturated carbocycles. The molecule has 0 bridgehead atoms. The molecule has 1 aromatic heterocycles. The Morgan fingerprint density at radius 2 is 2.16 bits per heavy atom. The average Bonchev–Trinajstić information content (AvgIpc) is 3.27. The predicted molar refractivity (Wildman–Crippen MR) is 91.0 cm³/mol. The zero-order valence-electron chi connectivity index (χ0n) is 14.2. The topological polar surface area (TPSA) is 75.8 Å². The van der Waals surface area contributed by atoms with Gasteiger partial charge in [-0.3, -0.25) is 4.79 Å². The van der Waals surface area contributed by atoms with Crippen LogP contribution in [0.2, 0.25) is 0 Å². The van der Waals surface area contributed by atoms with E-state index < -0.39 is 6.10 Å². The van der Waals surface area contributed by atoms with Gasteiger partial charge >= 0.3 is 0 Å². The molecular weight excluding hydrogens is 320 g/mol. The number of benzene rings is 1. The Morgan fingerprint density at radius 1 is 1.36 bits per heavy atom. The van der Waals surface area contributed by atoms with Crippen molar-refractivity contribution in [3.8, 4) is 11.3 Å². The van der Waals surface area contributed by atoms with E-state index in [1.165, 1.54) is 6.26 Å². The lowest BCUT2D eigenvalue weighted by Gasteiger charge is -2.42. The number of fused-ring (bicyclic) bond motifs is 1. The lowest BCUT2D eigenvalue weighted by molar-refractivity contribution is -0.0824. The molecule has 0 spiro atoms. The lowest BCUT2D eigenvalue weighted by atomic mass is 9.79. The number of carbonyl (C=O) groups is 1. The van der Waals surface area contributed by atoms with Crippen LogP contribution in [0.25, 0.3) is 11.3 Å². The summed E-state index contributed by atoms with van der Waals surface area (Å²) in [5, 5.41) is 14.1. The van der Waals surface area contributed by atoms with E-state index in [0.717, 1.165) is 24.8 Å². The summed E-state index contributed by atoms with van der Waals surface area (Å²) in [5.74, 6) is -0.113. The second-order valence-corrected chi connectivity index (χ2v) is 6.90. The van der Waals surface area contributed by atoms with Gasteiger partial charge in [0.2, 0.25) is 0 Å². The molecule has 0 unspecified atom stereocenters. The quantitative estimate of drug-likeness (QED) is 0.927. The third kappa shape index (κ3) is 2.65. The van der Waals surface area contributed by atoms with Gasteiger partial charge in [-0.2, -0.15) is 0 Å². The summed E-state index contributed by atoms with van der Waals surface area (Å²) in [6.07, 6.45) is 3.85. The number of nitrogens with zero attached hydrogens (tertiary/aromatic N) is 2. The number of methoxy groups -OCH3 is 1. The molecule has 1 aliphatic heterocycles. The highest BCUT2D eigenvalue weighted by molar-refractivity contribution is 6.00. The van der Waals surface area contributed by atoms with Crippen LogP contribution in [0.5, 0.6) is 0 Å². The van der Waals surface area contributed by atoms with Crippen LogP contribution in [0, 0.1) is 0 Å². The summed E-state index contributed by atoms with van der Waals surface area (Å²) in [6.45, 7) is 0.615. The summed E-state index contributed by atoms with van der Waals surface area (Å²) in [5.41, 5.74) is 1.51. The lowest BCUT2D eigenvalue weighted by Crippen LogP contribution is -2.52. The maximum atomic E-state index is 13.2. The fourth-order valence-corrected chi connectivity index (χ4v) is 4.27. The van der Waals surface area contributed by atoms with Crippen molar-refractivity contribution < 1.29 is 19.2 Å². The van der Waals surface area contributed by atoms with Crippen molar-refractivity contribution in [3.05, 3.63) is 42.2 Å². The predicted octanol–water partition coefficient (Wildman–Crippen LogP) is 2.49. The Kier molecular flexibility index (Phi) is 4.09. The maximum absolute atomic E-state index is 13.2. The first-order chi connectivity index (χ1) is 12.1. The summed E-state index contributed by atoms with van der Waals surface area (Å²) in [6, 6.07) is 9.42. The first-order valence-corrected chi connectivity index (χ1v) is 8.68. The fourth-order valence-electron chi connectivity index (χ4n) is 4.27. The van der Waals surface area contributed by atoms with Gasteiger partial charge in [0.25, 0.3) is 5.91 Å². The van der Waals surface area contributed by atoms with Crippen molar-refractivity contribution in [1.29, 1.82) is 0 Å². The van der Waals surface area contributed by atoms with Crippen molar-refractivity contribution in [2.24, 2.45) is 0 Å². The normalized spacial score (nSPS) is 28.8. The third-order valence-corrected chi connectivity index (χ3v) is 5.67. The number of rotatable bonds is 3. The number of hydrogen-bond acceptors (Lipinski definition) is 5. The van der Waals surface area contributed by atoms with Crippen molar-refractivity contribution in [3.63, 3.8) is 0 Å². The van der Waals surface area contributed by atoms with Crippen LogP contribution in [-0.2, 0) is 4.74 Å². The van der Waals surface area contributed by atoms with E-state index in [1.54, 1.807) is 7.11 Å². The molecule has 1 aromatic carbocycles. The van der Waals surface area contributed by atoms with Crippen LogP contribution in [0.3, 0.4) is 0 Å². The van der Waals surface area contributed by atoms with E-state index in [1.807, 2.05) is 35.2 Å². The van der Waals surface area contributed by atoms with E-state index in [-0.39, 0.29) is 17.6 Å². The number of likely N-dealkylation sites (tertiary alicyclic amines) is 1. The molecule has 1 saturated heterocycles. The number of ether oxygens (including phenoxy) is 1. The second-order valence-electron chi connectivity index (χ2n) is 6.90. The summed E-state index contributed by atoms with van der Waals surface area (Å²) in [4.78, 5) is 15.0. The monoisotopic (exact) mass is 342 g/mol. The minimum atomic E-state index is -0.391. The Bertz CT molecular complexity index is 760. The second kappa shape index (κ2) is 6.28. The molecule has 25 heavy (non-hydrogen) atoms. The van der Waals surface area contributed by atoms with E-state index in [0.29, 0.717) is 24.2 Å². The van der Waals surface area contributed by atoms with Gasteiger partial charge in [-0.05, 0) is 25.7 Å². The SMILES string of the molecule is CO[C@@]12CC[C@@H](O)C[C@@H]1N(C(=O)c1conc1-c1ccccc1)CC2. The fraction of sp³-hybridized carbons (Fsp3) is 0.474. The molecule has 1 amide bonds. The summed E-state index contributed by atoms with van der Waals surface area (Å²) in [7, 11) is 1.70. The zero-order valence-corrected chi connectivity index (χ0v) is 14.2. The molecule has 4 rings (SSSR count). The average molecular weight is 342 g/mol. The van der Waals surface area contributed by atoms with E-state index in [2.05, 4.69) is 5.16 Å². The van der Waals surface area contributed by atoms with Gasteiger partial charge in [0.05, 0.1) is 17.7 Å². The zero-order chi connectivity index (χ0) is 17.4. The molecule has 2 heterocycles. The third-order valence-electron chi connectivity index (χ3n) is 5.67. The molecule has 6 nitrogen and oxygen atoms in total. The molecule has 1 aliphatic carbocycles. The van der Waals surface area contributed by atoms with Crippen LogP contribution in [0.1, 0.15) is 36.0 Å². The van der Waals surface area contributed by atoms with E-state index in [4.69, 9.17) is 9.26 Å². The number of aliphatic hydroxyl groups excluding tert-OH is 1. The smallest absolute Gasteiger partial charge is 0.259 e. The number of carbonyl (C=O) groups excluding carboxylic acids is 1. The van der Waals surface area contributed by atoms with Gasteiger partial charge in [-0.15, -0.1) is 0 Å². The van der Waals surface area contributed by atoms with Crippen molar-refractivity contribution >= 4 is 5.91 Å². The summed E-state index contributed by atoms with van der Waals surface area (Å²) < 4.78 is 10.9. The number of hydrogen-bond donors (Lipinski definition) is 1. The van der Waals surface area contributed by atoms with Crippen LogP contribution < -0.4 is 0 Å². The van der Waals surface area contributed by atoms with Gasteiger partial charge in [-0.25, -0.2) is 0 Å². The summed E-state index contributed by atoms with van der Waals surface area (Å²) >= 11 is 0. The van der Waals surface area contributed by atoms with Crippen LogP contribution in [-0.4, -0.2) is 52.5 Å². The van der Waals surface area contributed by atoms with Crippen LogP contribution in [0.15, 0.2) is 41.1 Å². The van der Waals surface area contributed by atoms with Crippen molar-refractivity contribution in [2.45, 2.75) is 43.4 Å². The Hall–Kier alpha value is -2.18. The van der Waals surface area contributed by atoms with E-state index >= 15 is 0 Å². The molecule has 1 N–H and O–H groups in total. The highest BCUT2D eigenvalue weighted by Crippen LogP contribution is 2.43. The first-order valence-electron chi connectivity index (χ1n) is 8.68. The van der Waals surface area contributed by atoms with Gasteiger partial charge in [0.15, 0.2) is 0 Å². The molecular formula is C19H22N2O4. The van der Waals surface area contributed by atoms with Crippen LogP contribution in [0.4, 0.5) is 0 Å². The van der Waals surface area contributed by atoms with Gasteiger partial charge in [-0.1, -0.05) is 35.5 Å². The molecule has 3 atom stereocenters. The first kappa shape index (κ1) is 16.3. The minimum absolute atomic E-state index is 0.113. The Balaban J connectivity index is 1.65. The van der Waals surface area contributed by atoms with Crippen molar-refractivity contribution in [1.82, 2.24) is 10.1 Å². The highest BCUT2D eigenvalue weighted by Gasteiger charge is 2.52. The molecule has 2 aliphatic rings. The molecule has 0 radical (unpaired) electrons.